The highest BCUT2D eigenvalue weighted by Crippen LogP contribution is 2.46. The number of fused-ring (bicyclic) bond motifs is 1. The summed E-state index contributed by atoms with van der Waals surface area (Å²) in [5.41, 5.74) is 3.46. The van der Waals surface area contributed by atoms with Crippen LogP contribution in [0.1, 0.15) is 36.0 Å². The van der Waals surface area contributed by atoms with Gasteiger partial charge in [-0.1, -0.05) is 30.3 Å². The molecule has 9 heteroatoms. The van der Waals surface area contributed by atoms with Gasteiger partial charge in [-0.25, -0.2) is 27.8 Å². The molecule has 0 bridgehead atoms. The van der Waals surface area contributed by atoms with Crippen molar-refractivity contribution in [1.29, 1.82) is 0 Å². The third-order valence-electron chi connectivity index (χ3n) is 6.27. The Morgan fingerprint density at radius 2 is 1.83 bits per heavy atom. The molecule has 0 radical (unpaired) electrons. The van der Waals surface area contributed by atoms with E-state index < -0.39 is 15.1 Å². The van der Waals surface area contributed by atoms with Gasteiger partial charge in [-0.3, -0.25) is 0 Å². The predicted octanol–water partition coefficient (Wildman–Crippen LogP) is 4.85. The van der Waals surface area contributed by atoms with Crippen LogP contribution in [-0.2, 0) is 16.3 Å². The average molecular weight is 492 g/mol. The third kappa shape index (κ3) is 4.43. The molecular formula is C26H26FN5O2S. The number of benzene rings is 2. The molecule has 35 heavy (non-hydrogen) atoms. The number of sulfone groups is 1. The van der Waals surface area contributed by atoms with E-state index in [-0.39, 0.29) is 11.9 Å². The second kappa shape index (κ2) is 9.22. The van der Waals surface area contributed by atoms with E-state index >= 15 is 0 Å². The molecule has 0 fully saturated rings. The minimum absolute atomic E-state index is 0.336. The number of halogens is 1. The summed E-state index contributed by atoms with van der Waals surface area (Å²) in [5, 5.41) is 2.39. The van der Waals surface area contributed by atoms with Crippen LogP contribution in [-0.4, -0.2) is 40.7 Å². The Hall–Kier alpha value is -3.59. The number of nitrogens with one attached hydrogen (secondary N) is 1. The largest absolute Gasteiger partial charge is 0.354 e. The molecule has 180 valence electrons. The van der Waals surface area contributed by atoms with Crippen molar-refractivity contribution < 1.29 is 12.8 Å². The molecule has 0 saturated heterocycles. The van der Waals surface area contributed by atoms with Gasteiger partial charge >= 0.3 is 0 Å². The van der Waals surface area contributed by atoms with Crippen molar-refractivity contribution in [2.45, 2.75) is 31.1 Å². The van der Waals surface area contributed by atoms with E-state index in [1.807, 2.05) is 41.8 Å². The number of nitrogens with zero attached hydrogens (tertiary/aromatic N) is 4. The number of hydrogen-bond donors (Lipinski definition) is 1. The van der Waals surface area contributed by atoms with Gasteiger partial charge in [-0.15, -0.1) is 0 Å². The molecule has 0 spiro atoms. The van der Waals surface area contributed by atoms with Crippen molar-refractivity contribution in [3.63, 3.8) is 0 Å². The Kier molecular flexibility index (Phi) is 6.10. The van der Waals surface area contributed by atoms with Gasteiger partial charge in [-0.2, -0.15) is 0 Å². The summed E-state index contributed by atoms with van der Waals surface area (Å²) >= 11 is 0. The Balaban J connectivity index is 1.74. The van der Waals surface area contributed by atoms with Gasteiger partial charge in [0.25, 0.3) is 0 Å². The highest BCUT2D eigenvalue weighted by atomic mass is 32.2. The van der Waals surface area contributed by atoms with E-state index in [4.69, 9.17) is 9.97 Å². The highest BCUT2D eigenvalue weighted by molar-refractivity contribution is 7.91. The first-order valence-electron chi connectivity index (χ1n) is 11.5. The minimum Gasteiger partial charge on any atom is -0.354 e. The lowest BCUT2D eigenvalue weighted by molar-refractivity contribution is 0.488. The Morgan fingerprint density at radius 1 is 1.09 bits per heavy atom. The van der Waals surface area contributed by atoms with Crippen molar-refractivity contribution in [2.24, 2.45) is 0 Å². The number of aryl methyl sites for hydroxylation is 1. The molecule has 0 amide bonds. The van der Waals surface area contributed by atoms with Crippen LogP contribution in [0.2, 0.25) is 0 Å². The zero-order valence-corrected chi connectivity index (χ0v) is 20.3. The molecule has 7 nitrogen and oxygen atoms in total. The summed E-state index contributed by atoms with van der Waals surface area (Å²) in [7, 11) is -3.46. The molecule has 1 aliphatic rings. The van der Waals surface area contributed by atoms with E-state index in [0.717, 1.165) is 17.0 Å². The number of rotatable bonds is 7. The van der Waals surface area contributed by atoms with Gasteiger partial charge in [0.05, 0.1) is 23.1 Å². The lowest BCUT2D eigenvalue weighted by Crippen LogP contribution is -2.23. The van der Waals surface area contributed by atoms with Crippen LogP contribution in [0.25, 0.3) is 22.6 Å². The SMILES string of the molecule is CCNc1nccc(-c2c(-c3ccc(F)cc3)nc3n2C([C@H](c2ccccc2)S(C)(=O)=O)CC3)n1. The normalized spacial score (nSPS) is 16.1. The maximum absolute atomic E-state index is 13.7. The van der Waals surface area contributed by atoms with Crippen molar-refractivity contribution in [2.75, 3.05) is 18.1 Å². The van der Waals surface area contributed by atoms with Crippen LogP contribution in [0.15, 0.2) is 66.9 Å². The summed E-state index contributed by atoms with van der Waals surface area (Å²) in [5.74, 6) is 0.929. The van der Waals surface area contributed by atoms with E-state index in [2.05, 4.69) is 10.3 Å². The fourth-order valence-corrected chi connectivity index (χ4v) is 6.37. The molecule has 0 saturated carbocycles. The molecule has 4 aromatic rings. The van der Waals surface area contributed by atoms with Gasteiger partial charge in [0.1, 0.15) is 16.9 Å². The topological polar surface area (TPSA) is 89.8 Å². The number of imidazole rings is 1. The highest BCUT2D eigenvalue weighted by Gasteiger charge is 2.40. The van der Waals surface area contributed by atoms with Crippen LogP contribution in [0.5, 0.6) is 0 Å². The van der Waals surface area contributed by atoms with Crippen molar-refractivity contribution in [1.82, 2.24) is 19.5 Å². The van der Waals surface area contributed by atoms with Crippen LogP contribution in [0.4, 0.5) is 10.3 Å². The lowest BCUT2D eigenvalue weighted by Gasteiger charge is -2.26. The molecule has 3 heterocycles. The summed E-state index contributed by atoms with van der Waals surface area (Å²) in [6, 6.07) is 16.9. The van der Waals surface area contributed by atoms with Crippen molar-refractivity contribution in [3.8, 4) is 22.6 Å². The van der Waals surface area contributed by atoms with Gasteiger partial charge in [0.15, 0.2) is 9.84 Å². The quantitative estimate of drug-likeness (QED) is 0.397. The summed E-state index contributed by atoms with van der Waals surface area (Å²) < 4.78 is 42.0. The van der Waals surface area contributed by atoms with Gasteiger partial charge in [0, 0.05) is 31.0 Å². The fraction of sp³-hybridized carbons (Fsp3) is 0.269. The molecule has 1 N–H and O–H groups in total. The average Bonchev–Trinajstić information content (AvgIpc) is 3.40. The Morgan fingerprint density at radius 3 is 2.51 bits per heavy atom. The van der Waals surface area contributed by atoms with E-state index in [1.54, 1.807) is 24.4 Å². The van der Waals surface area contributed by atoms with Crippen LogP contribution < -0.4 is 5.32 Å². The third-order valence-corrected chi connectivity index (χ3v) is 7.78. The van der Waals surface area contributed by atoms with E-state index in [1.165, 1.54) is 18.4 Å². The Bertz CT molecular complexity index is 1450. The first kappa shape index (κ1) is 23.2. The molecule has 1 aliphatic heterocycles. The van der Waals surface area contributed by atoms with E-state index in [9.17, 15) is 12.8 Å². The first-order chi connectivity index (χ1) is 16.9. The monoisotopic (exact) mass is 491 g/mol. The summed E-state index contributed by atoms with van der Waals surface area (Å²) in [4.78, 5) is 13.9. The summed E-state index contributed by atoms with van der Waals surface area (Å²) in [6.45, 7) is 2.62. The maximum Gasteiger partial charge on any atom is 0.223 e. The smallest absolute Gasteiger partial charge is 0.223 e. The minimum atomic E-state index is -3.46. The second-order valence-electron chi connectivity index (χ2n) is 8.66. The van der Waals surface area contributed by atoms with Crippen LogP contribution >= 0.6 is 0 Å². The van der Waals surface area contributed by atoms with Crippen molar-refractivity contribution >= 4 is 15.8 Å². The number of anilines is 1. The molecule has 0 aliphatic carbocycles. The van der Waals surface area contributed by atoms with Crippen LogP contribution in [0, 0.1) is 5.82 Å². The standard InChI is InChI=1S/C26H26FN5O2S/c1-3-28-26-29-16-15-20(30-26)24-23(17-9-11-19(27)12-10-17)31-22-14-13-21(32(22)24)25(35(2,33)34)18-7-5-4-6-8-18/h4-12,15-16,21,25H,3,13-14H2,1-2H3,(H,28,29,30)/t21?,25-/m0/s1. The zero-order valence-electron chi connectivity index (χ0n) is 19.5. The van der Waals surface area contributed by atoms with Gasteiger partial charge in [0.2, 0.25) is 5.95 Å². The molecule has 2 atom stereocenters. The molecule has 2 aromatic heterocycles. The first-order valence-corrected chi connectivity index (χ1v) is 13.5. The number of aromatic nitrogens is 4. The lowest BCUT2D eigenvalue weighted by atomic mass is 10.0. The van der Waals surface area contributed by atoms with Gasteiger partial charge in [-0.05, 0) is 49.2 Å². The Labute approximate surface area is 204 Å². The fourth-order valence-electron chi connectivity index (χ4n) is 4.89. The predicted molar refractivity (Wildman–Crippen MR) is 134 cm³/mol. The number of hydrogen-bond acceptors (Lipinski definition) is 6. The molecule has 2 aromatic carbocycles. The molecule has 5 rings (SSSR count). The van der Waals surface area contributed by atoms with E-state index in [0.29, 0.717) is 42.4 Å². The van der Waals surface area contributed by atoms with Crippen LogP contribution in [0.3, 0.4) is 0 Å². The zero-order chi connectivity index (χ0) is 24.6. The molecular weight excluding hydrogens is 465 g/mol. The summed E-state index contributed by atoms with van der Waals surface area (Å²) in [6.07, 6.45) is 4.22. The second-order valence-corrected chi connectivity index (χ2v) is 10.8. The maximum atomic E-state index is 13.7. The van der Waals surface area contributed by atoms with Crippen molar-refractivity contribution in [3.05, 3.63) is 84.1 Å². The molecule has 1 unspecified atom stereocenters. The van der Waals surface area contributed by atoms with Gasteiger partial charge < -0.3 is 9.88 Å².